The molecule has 1 aliphatic rings. The summed E-state index contributed by atoms with van der Waals surface area (Å²) < 4.78 is 5.74. The van der Waals surface area contributed by atoms with Crippen molar-refractivity contribution in [3.05, 3.63) is 18.3 Å². The molecule has 1 fully saturated rings. The van der Waals surface area contributed by atoms with E-state index in [1.807, 2.05) is 19.9 Å². The number of rotatable bonds is 4. The highest BCUT2D eigenvalue weighted by atomic mass is 16.5. The number of nitrogens with one attached hydrogen (secondary N) is 1. The van der Waals surface area contributed by atoms with Gasteiger partial charge in [0.05, 0.1) is 11.8 Å². The predicted octanol–water partition coefficient (Wildman–Crippen LogP) is 3.86. The molecule has 1 N–H and O–H groups in total. The van der Waals surface area contributed by atoms with Crippen molar-refractivity contribution in [3.8, 4) is 5.88 Å². The third kappa shape index (κ3) is 3.62. The van der Waals surface area contributed by atoms with Gasteiger partial charge in [0, 0.05) is 12.2 Å². The third-order valence-corrected chi connectivity index (χ3v) is 3.41. The molecular formula is C15H24N2O. The Morgan fingerprint density at radius 2 is 2.22 bits per heavy atom. The number of aromatic nitrogens is 1. The number of hydrogen-bond acceptors (Lipinski definition) is 3. The van der Waals surface area contributed by atoms with Crippen LogP contribution in [0, 0.1) is 5.92 Å². The zero-order chi connectivity index (χ0) is 13.0. The van der Waals surface area contributed by atoms with Crippen molar-refractivity contribution in [2.75, 3.05) is 5.32 Å². The first-order chi connectivity index (χ1) is 8.65. The van der Waals surface area contributed by atoms with E-state index in [1.54, 1.807) is 6.20 Å². The van der Waals surface area contributed by atoms with E-state index in [1.165, 1.54) is 25.7 Å². The highest BCUT2D eigenvalue weighted by Crippen LogP contribution is 2.29. The Labute approximate surface area is 110 Å². The van der Waals surface area contributed by atoms with Crippen LogP contribution in [0.3, 0.4) is 0 Å². The standard InChI is InChI=1S/C15H24N2O/c1-11(2)18-15-14(8-5-9-16-15)17-13-7-4-6-12(3)10-13/h5,8-9,11-13,17H,4,6-7,10H2,1-3H3. The minimum absolute atomic E-state index is 0.158. The molecule has 18 heavy (non-hydrogen) atoms. The van der Waals surface area contributed by atoms with Crippen molar-refractivity contribution < 1.29 is 4.74 Å². The zero-order valence-corrected chi connectivity index (χ0v) is 11.6. The topological polar surface area (TPSA) is 34.2 Å². The molecule has 1 aliphatic carbocycles. The van der Waals surface area contributed by atoms with E-state index < -0.39 is 0 Å². The molecule has 1 aromatic heterocycles. The Kier molecular flexibility index (Phi) is 4.45. The van der Waals surface area contributed by atoms with Crippen molar-refractivity contribution in [2.45, 2.75) is 58.6 Å². The van der Waals surface area contributed by atoms with E-state index >= 15 is 0 Å². The minimum atomic E-state index is 0.158. The molecule has 0 spiro atoms. The molecule has 2 atom stereocenters. The SMILES string of the molecule is CC1CCCC(Nc2cccnc2OC(C)C)C1. The molecule has 3 heteroatoms. The summed E-state index contributed by atoms with van der Waals surface area (Å²) in [4.78, 5) is 4.32. The molecule has 0 radical (unpaired) electrons. The second kappa shape index (κ2) is 6.07. The Morgan fingerprint density at radius 1 is 1.39 bits per heavy atom. The normalized spacial score (nSPS) is 24.0. The van der Waals surface area contributed by atoms with Crippen LogP contribution in [0.5, 0.6) is 5.88 Å². The van der Waals surface area contributed by atoms with Gasteiger partial charge in [0.2, 0.25) is 5.88 Å². The first-order valence-corrected chi connectivity index (χ1v) is 7.03. The van der Waals surface area contributed by atoms with Crippen LogP contribution < -0.4 is 10.1 Å². The highest BCUT2D eigenvalue weighted by Gasteiger charge is 2.20. The lowest BCUT2D eigenvalue weighted by Crippen LogP contribution is -2.26. The smallest absolute Gasteiger partial charge is 0.237 e. The first-order valence-electron chi connectivity index (χ1n) is 7.03. The molecule has 2 rings (SSSR count). The van der Waals surface area contributed by atoms with Gasteiger partial charge in [0.25, 0.3) is 0 Å². The van der Waals surface area contributed by atoms with Gasteiger partial charge in [0.1, 0.15) is 0 Å². The van der Waals surface area contributed by atoms with Crippen LogP contribution in [-0.2, 0) is 0 Å². The van der Waals surface area contributed by atoms with Gasteiger partial charge in [-0.15, -0.1) is 0 Å². The predicted molar refractivity (Wildman–Crippen MR) is 75.0 cm³/mol. The van der Waals surface area contributed by atoms with Crippen molar-refractivity contribution in [1.82, 2.24) is 4.98 Å². The minimum Gasteiger partial charge on any atom is -0.473 e. The summed E-state index contributed by atoms with van der Waals surface area (Å²) in [6, 6.07) is 4.58. The average molecular weight is 248 g/mol. The molecular weight excluding hydrogens is 224 g/mol. The van der Waals surface area contributed by atoms with Gasteiger partial charge < -0.3 is 10.1 Å². The summed E-state index contributed by atoms with van der Waals surface area (Å²) >= 11 is 0. The summed E-state index contributed by atoms with van der Waals surface area (Å²) in [6.07, 6.45) is 7.12. The number of anilines is 1. The van der Waals surface area contributed by atoms with Crippen LogP contribution >= 0.6 is 0 Å². The Bertz CT molecular complexity index is 379. The summed E-state index contributed by atoms with van der Waals surface area (Å²) in [5.74, 6) is 1.55. The third-order valence-electron chi connectivity index (χ3n) is 3.41. The summed E-state index contributed by atoms with van der Waals surface area (Å²) in [6.45, 7) is 6.39. The Hall–Kier alpha value is -1.25. The fraction of sp³-hybridized carbons (Fsp3) is 0.667. The maximum absolute atomic E-state index is 5.74. The van der Waals surface area contributed by atoms with Crippen molar-refractivity contribution in [3.63, 3.8) is 0 Å². The van der Waals surface area contributed by atoms with Crippen molar-refractivity contribution in [1.29, 1.82) is 0 Å². The van der Waals surface area contributed by atoms with Gasteiger partial charge in [0.15, 0.2) is 0 Å². The quantitative estimate of drug-likeness (QED) is 0.878. The van der Waals surface area contributed by atoms with Crippen LogP contribution in [0.25, 0.3) is 0 Å². The van der Waals surface area contributed by atoms with Crippen LogP contribution in [0.1, 0.15) is 46.5 Å². The lowest BCUT2D eigenvalue weighted by molar-refractivity contribution is 0.233. The molecule has 0 saturated heterocycles. The highest BCUT2D eigenvalue weighted by molar-refractivity contribution is 5.52. The fourth-order valence-corrected chi connectivity index (χ4v) is 2.60. The number of hydrogen-bond donors (Lipinski definition) is 1. The summed E-state index contributed by atoms with van der Waals surface area (Å²) in [5, 5.41) is 3.60. The van der Waals surface area contributed by atoms with Crippen molar-refractivity contribution in [2.24, 2.45) is 5.92 Å². The first kappa shape index (κ1) is 13.2. The van der Waals surface area contributed by atoms with Crippen LogP contribution in [0.15, 0.2) is 18.3 Å². The van der Waals surface area contributed by atoms with Gasteiger partial charge >= 0.3 is 0 Å². The molecule has 1 heterocycles. The zero-order valence-electron chi connectivity index (χ0n) is 11.6. The van der Waals surface area contributed by atoms with Crippen LogP contribution in [-0.4, -0.2) is 17.1 Å². The van der Waals surface area contributed by atoms with Gasteiger partial charge in [-0.1, -0.05) is 19.8 Å². The fourth-order valence-electron chi connectivity index (χ4n) is 2.60. The van der Waals surface area contributed by atoms with Crippen LogP contribution in [0.4, 0.5) is 5.69 Å². The molecule has 0 aromatic carbocycles. The molecule has 100 valence electrons. The molecule has 0 aliphatic heterocycles. The van der Waals surface area contributed by atoms with E-state index in [9.17, 15) is 0 Å². The van der Waals surface area contributed by atoms with Gasteiger partial charge in [-0.05, 0) is 44.7 Å². The van der Waals surface area contributed by atoms with Gasteiger partial charge in [-0.2, -0.15) is 0 Å². The van der Waals surface area contributed by atoms with Crippen LogP contribution in [0.2, 0.25) is 0 Å². The van der Waals surface area contributed by atoms with E-state index in [2.05, 4.69) is 23.3 Å². The Morgan fingerprint density at radius 3 is 2.94 bits per heavy atom. The second-order valence-corrected chi connectivity index (χ2v) is 5.64. The molecule has 0 amide bonds. The van der Waals surface area contributed by atoms with Crippen molar-refractivity contribution >= 4 is 5.69 Å². The molecule has 2 unspecified atom stereocenters. The van der Waals surface area contributed by atoms with E-state index in [0.29, 0.717) is 6.04 Å². The second-order valence-electron chi connectivity index (χ2n) is 5.64. The maximum atomic E-state index is 5.74. The largest absolute Gasteiger partial charge is 0.473 e. The van der Waals surface area contributed by atoms with E-state index in [0.717, 1.165) is 17.5 Å². The Balaban J connectivity index is 2.03. The number of pyridine rings is 1. The van der Waals surface area contributed by atoms with Gasteiger partial charge in [-0.25, -0.2) is 4.98 Å². The molecule has 3 nitrogen and oxygen atoms in total. The average Bonchev–Trinajstić information content (AvgIpc) is 2.31. The molecule has 1 saturated carbocycles. The number of nitrogens with zero attached hydrogens (tertiary/aromatic N) is 1. The van der Waals surface area contributed by atoms with Gasteiger partial charge in [-0.3, -0.25) is 0 Å². The lowest BCUT2D eigenvalue weighted by Gasteiger charge is -2.28. The molecule has 1 aromatic rings. The monoisotopic (exact) mass is 248 g/mol. The summed E-state index contributed by atoms with van der Waals surface area (Å²) in [5.41, 5.74) is 1.03. The number of ether oxygens (including phenoxy) is 1. The molecule has 0 bridgehead atoms. The maximum Gasteiger partial charge on any atom is 0.237 e. The lowest BCUT2D eigenvalue weighted by atomic mass is 9.87. The summed E-state index contributed by atoms with van der Waals surface area (Å²) in [7, 11) is 0. The van der Waals surface area contributed by atoms with E-state index in [4.69, 9.17) is 4.74 Å². The van der Waals surface area contributed by atoms with E-state index in [-0.39, 0.29) is 6.10 Å².